The van der Waals surface area contributed by atoms with Gasteiger partial charge in [0.2, 0.25) is 0 Å². The van der Waals surface area contributed by atoms with Gasteiger partial charge in [0, 0.05) is 23.1 Å². The fourth-order valence-corrected chi connectivity index (χ4v) is 8.91. The molecule has 0 amide bonds. The Kier molecular flexibility index (Phi) is 7.64. The molecule has 3 rings (SSSR count). The van der Waals surface area contributed by atoms with Gasteiger partial charge in [-0.05, 0) is 51.0 Å². The summed E-state index contributed by atoms with van der Waals surface area (Å²) in [6.07, 6.45) is 4.63. The van der Waals surface area contributed by atoms with Crippen molar-refractivity contribution in [2.45, 2.75) is 66.7 Å². The monoisotopic (exact) mass is 464 g/mol. The predicted molar refractivity (Wildman–Crippen MR) is 114 cm³/mol. The van der Waals surface area contributed by atoms with Gasteiger partial charge >= 0.3 is 5.97 Å². The molecule has 0 spiro atoms. The summed E-state index contributed by atoms with van der Waals surface area (Å²) in [5, 5.41) is -0.220. The SMILES string of the molecule is CCOC(=O)c1sc(SCC[S+](=O)([O-])C2CCC(Cl)CC2)c2c1CCCC2=O. The van der Waals surface area contributed by atoms with Gasteiger partial charge in [-0.2, -0.15) is 0 Å². The number of halogens is 1. The van der Waals surface area contributed by atoms with Crippen LogP contribution in [0.2, 0.25) is 0 Å². The highest BCUT2D eigenvalue weighted by molar-refractivity contribution is 8.03. The molecule has 1 atom stereocenters. The highest BCUT2D eigenvalue weighted by Crippen LogP contribution is 2.41. The van der Waals surface area contributed by atoms with E-state index in [0.29, 0.717) is 41.9 Å². The zero-order chi connectivity index (χ0) is 20.3. The van der Waals surface area contributed by atoms with Gasteiger partial charge < -0.3 is 9.29 Å². The highest BCUT2D eigenvalue weighted by atomic mass is 35.5. The van der Waals surface area contributed by atoms with Crippen molar-refractivity contribution in [1.29, 1.82) is 0 Å². The first-order chi connectivity index (χ1) is 13.3. The first-order valence-electron chi connectivity index (χ1n) is 9.68. The predicted octanol–water partition coefficient (Wildman–Crippen LogP) is 4.72. The van der Waals surface area contributed by atoms with E-state index in [4.69, 9.17) is 16.3 Å². The molecule has 1 aromatic heterocycles. The Hall–Kier alpha value is -0.410. The molecule has 9 heteroatoms. The summed E-state index contributed by atoms with van der Waals surface area (Å²) in [7, 11) is -3.18. The third-order valence-corrected chi connectivity index (χ3v) is 10.7. The first-order valence-corrected chi connectivity index (χ1v) is 13.6. The Morgan fingerprint density at radius 2 is 2.04 bits per heavy atom. The van der Waals surface area contributed by atoms with Crippen LogP contribution in [-0.4, -0.2) is 45.0 Å². The molecule has 1 unspecified atom stereocenters. The average Bonchev–Trinajstić information content (AvgIpc) is 3.02. The van der Waals surface area contributed by atoms with Crippen LogP contribution in [-0.2, 0) is 25.6 Å². The van der Waals surface area contributed by atoms with E-state index in [1.54, 1.807) is 6.92 Å². The molecule has 1 heterocycles. The number of rotatable bonds is 7. The molecular weight excluding hydrogens is 440 g/mol. The molecule has 0 aromatic carbocycles. The van der Waals surface area contributed by atoms with E-state index >= 15 is 0 Å². The van der Waals surface area contributed by atoms with Gasteiger partial charge in [0.15, 0.2) is 5.78 Å². The number of ether oxygens (including phenoxy) is 1. The number of carbonyl (C=O) groups is 2. The van der Waals surface area contributed by atoms with Crippen LogP contribution in [0.15, 0.2) is 4.21 Å². The Balaban J connectivity index is 1.69. The summed E-state index contributed by atoms with van der Waals surface area (Å²) in [6.45, 7) is 2.03. The number of carbonyl (C=O) groups excluding carboxylic acids is 2. The lowest BCUT2D eigenvalue weighted by molar-refractivity contribution is 0.0531. The second kappa shape index (κ2) is 9.60. The van der Waals surface area contributed by atoms with Crippen molar-refractivity contribution in [2.24, 2.45) is 0 Å². The van der Waals surface area contributed by atoms with Gasteiger partial charge in [-0.1, -0.05) is 0 Å². The Labute approximate surface area is 180 Å². The van der Waals surface area contributed by atoms with E-state index in [9.17, 15) is 18.4 Å². The summed E-state index contributed by atoms with van der Waals surface area (Å²) >= 11 is 8.72. The van der Waals surface area contributed by atoms with E-state index in [-0.39, 0.29) is 28.8 Å². The van der Waals surface area contributed by atoms with Crippen LogP contribution in [0, 0.1) is 0 Å². The van der Waals surface area contributed by atoms with E-state index < -0.39 is 16.2 Å². The zero-order valence-electron chi connectivity index (χ0n) is 15.9. The maximum atomic E-state index is 12.6. The van der Waals surface area contributed by atoms with Crippen molar-refractivity contribution >= 4 is 56.7 Å². The Bertz CT molecular complexity index is 783. The lowest BCUT2D eigenvalue weighted by Crippen LogP contribution is -2.35. The summed E-state index contributed by atoms with van der Waals surface area (Å²) in [6, 6.07) is 0. The van der Waals surface area contributed by atoms with Crippen molar-refractivity contribution in [2.75, 3.05) is 18.1 Å². The van der Waals surface area contributed by atoms with Crippen molar-refractivity contribution in [3.8, 4) is 0 Å². The number of hydrogen-bond donors (Lipinski definition) is 0. The number of esters is 1. The van der Waals surface area contributed by atoms with Crippen molar-refractivity contribution in [1.82, 2.24) is 0 Å². The van der Waals surface area contributed by atoms with Crippen LogP contribution in [0.4, 0.5) is 0 Å². The lowest BCUT2D eigenvalue weighted by atomic mass is 9.93. The molecule has 5 nitrogen and oxygen atoms in total. The second-order valence-corrected chi connectivity index (χ2v) is 12.6. The van der Waals surface area contributed by atoms with Crippen molar-refractivity contribution in [3.05, 3.63) is 16.0 Å². The number of ketones is 1. The lowest BCUT2D eigenvalue weighted by Gasteiger charge is -2.29. The molecule has 2 aliphatic rings. The normalized spacial score (nSPS) is 24.5. The fourth-order valence-electron chi connectivity index (χ4n) is 3.78. The van der Waals surface area contributed by atoms with Gasteiger partial charge in [0.25, 0.3) is 0 Å². The second-order valence-electron chi connectivity index (χ2n) is 7.16. The molecule has 0 radical (unpaired) electrons. The minimum absolute atomic E-state index is 0.0406. The molecule has 1 saturated carbocycles. The molecule has 0 aliphatic heterocycles. The number of alkyl halides is 1. The molecular formula is C19H25ClO5S3. The van der Waals surface area contributed by atoms with Gasteiger partial charge in [-0.15, -0.1) is 38.9 Å². The Morgan fingerprint density at radius 3 is 2.71 bits per heavy atom. The van der Waals surface area contributed by atoms with Crippen LogP contribution in [0.25, 0.3) is 0 Å². The minimum atomic E-state index is -3.18. The van der Waals surface area contributed by atoms with E-state index in [2.05, 4.69) is 0 Å². The standard InChI is InChI=1S/C19H25ClO5S3/c1-2-25-18(22)17-14-4-3-5-15(21)16(14)19(27-17)26-10-11-28(23,24)13-8-6-12(20)7-9-13/h12-13H,2-11H2,1H3. The molecule has 28 heavy (non-hydrogen) atoms. The summed E-state index contributed by atoms with van der Waals surface area (Å²) in [5.41, 5.74) is 1.40. The molecule has 0 bridgehead atoms. The molecule has 2 aliphatic carbocycles. The minimum Gasteiger partial charge on any atom is -0.615 e. The summed E-state index contributed by atoms with van der Waals surface area (Å²) in [5.74, 6) is 0.103. The molecule has 0 N–H and O–H groups in total. The molecule has 1 aromatic rings. The molecule has 0 saturated heterocycles. The highest BCUT2D eigenvalue weighted by Gasteiger charge is 2.34. The number of Topliss-reactive ketones (excluding diaryl/α,β-unsaturated/α-hetero) is 1. The molecule has 156 valence electrons. The van der Waals surface area contributed by atoms with Crippen LogP contribution in [0.3, 0.4) is 0 Å². The largest absolute Gasteiger partial charge is 0.615 e. The number of sulfone groups is 1. The van der Waals surface area contributed by atoms with Crippen LogP contribution in [0.5, 0.6) is 0 Å². The van der Waals surface area contributed by atoms with Crippen molar-refractivity contribution in [3.63, 3.8) is 0 Å². The van der Waals surface area contributed by atoms with Gasteiger partial charge in [0.1, 0.15) is 15.9 Å². The summed E-state index contributed by atoms with van der Waals surface area (Å²) in [4.78, 5) is 25.2. The van der Waals surface area contributed by atoms with E-state index in [0.717, 1.165) is 29.0 Å². The smallest absolute Gasteiger partial charge is 0.348 e. The van der Waals surface area contributed by atoms with Crippen LogP contribution < -0.4 is 0 Å². The zero-order valence-corrected chi connectivity index (χ0v) is 19.1. The number of thioether (sulfide) groups is 1. The third-order valence-electron chi connectivity index (χ3n) is 5.26. The molecule has 1 fully saturated rings. The van der Waals surface area contributed by atoms with Gasteiger partial charge in [-0.25, -0.2) is 4.79 Å². The van der Waals surface area contributed by atoms with Gasteiger partial charge in [0.05, 0.1) is 21.0 Å². The average molecular weight is 465 g/mol. The first kappa shape index (κ1) is 22.3. The maximum absolute atomic E-state index is 12.6. The quantitative estimate of drug-likeness (QED) is 0.251. The van der Waals surface area contributed by atoms with Crippen LogP contribution >= 0.6 is 34.7 Å². The van der Waals surface area contributed by atoms with E-state index in [1.807, 2.05) is 0 Å². The number of fused-ring (bicyclic) bond motifs is 1. The van der Waals surface area contributed by atoms with Crippen molar-refractivity contribution < 1.29 is 23.1 Å². The number of thiophene rings is 1. The summed E-state index contributed by atoms with van der Waals surface area (Å²) < 4.78 is 31.2. The number of hydrogen-bond acceptors (Lipinski definition) is 7. The van der Waals surface area contributed by atoms with E-state index in [1.165, 1.54) is 23.1 Å². The van der Waals surface area contributed by atoms with Gasteiger partial charge in [-0.3, -0.25) is 4.79 Å². The van der Waals surface area contributed by atoms with Crippen LogP contribution in [0.1, 0.15) is 71.0 Å². The third kappa shape index (κ3) is 5.01. The fraction of sp³-hybridized carbons (Fsp3) is 0.684. The topological polar surface area (TPSA) is 83.5 Å². The maximum Gasteiger partial charge on any atom is 0.348 e. The Morgan fingerprint density at radius 1 is 1.32 bits per heavy atom.